The second-order valence-electron chi connectivity index (χ2n) is 5.72. The van der Waals surface area contributed by atoms with Crippen molar-refractivity contribution in [1.82, 2.24) is 0 Å². The predicted octanol–water partition coefficient (Wildman–Crippen LogP) is 3.06. The SMILES string of the molecule is CS(=O)(=O)N1CCc2cc(C(=O)COc3ccc(F)c(Cl)c3)ccc21. The lowest BCUT2D eigenvalue weighted by atomic mass is 10.1. The number of Topliss-reactive ketones (excluding diaryl/α,β-unsaturated/α-hetero) is 1. The van der Waals surface area contributed by atoms with Crippen LogP contribution in [0.25, 0.3) is 0 Å². The van der Waals surface area contributed by atoms with Gasteiger partial charge in [-0.15, -0.1) is 0 Å². The number of hydrogen-bond acceptors (Lipinski definition) is 4. The van der Waals surface area contributed by atoms with Crippen LogP contribution in [0.15, 0.2) is 36.4 Å². The van der Waals surface area contributed by atoms with Gasteiger partial charge in [0, 0.05) is 18.2 Å². The van der Waals surface area contributed by atoms with Crippen molar-refractivity contribution in [3.8, 4) is 5.75 Å². The van der Waals surface area contributed by atoms with Gasteiger partial charge in [-0.1, -0.05) is 11.6 Å². The molecule has 3 rings (SSSR count). The van der Waals surface area contributed by atoms with Crippen molar-refractivity contribution in [2.24, 2.45) is 0 Å². The van der Waals surface area contributed by atoms with E-state index in [2.05, 4.69) is 0 Å². The zero-order chi connectivity index (χ0) is 18.2. The third-order valence-electron chi connectivity index (χ3n) is 3.92. The average molecular weight is 384 g/mol. The van der Waals surface area contributed by atoms with Crippen LogP contribution in [0, 0.1) is 5.82 Å². The van der Waals surface area contributed by atoms with Crippen LogP contribution in [0.1, 0.15) is 15.9 Å². The van der Waals surface area contributed by atoms with E-state index in [1.54, 1.807) is 18.2 Å². The van der Waals surface area contributed by atoms with E-state index < -0.39 is 15.8 Å². The smallest absolute Gasteiger partial charge is 0.232 e. The third-order valence-corrected chi connectivity index (χ3v) is 5.39. The number of halogens is 2. The van der Waals surface area contributed by atoms with Crippen LogP contribution in [0.3, 0.4) is 0 Å². The van der Waals surface area contributed by atoms with Gasteiger partial charge in [0.25, 0.3) is 0 Å². The maximum absolute atomic E-state index is 13.1. The largest absolute Gasteiger partial charge is 0.485 e. The molecule has 1 heterocycles. The topological polar surface area (TPSA) is 63.7 Å². The molecule has 0 bridgehead atoms. The normalized spacial score (nSPS) is 13.6. The van der Waals surface area contributed by atoms with E-state index in [-0.39, 0.29) is 17.4 Å². The second-order valence-corrected chi connectivity index (χ2v) is 8.03. The summed E-state index contributed by atoms with van der Waals surface area (Å²) in [5, 5.41) is -0.0802. The molecule has 132 valence electrons. The van der Waals surface area contributed by atoms with E-state index in [1.807, 2.05) is 0 Å². The van der Waals surface area contributed by atoms with Crippen molar-refractivity contribution in [2.45, 2.75) is 6.42 Å². The van der Waals surface area contributed by atoms with Gasteiger partial charge in [0.15, 0.2) is 12.4 Å². The number of ether oxygens (including phenoxy) is 1. The summed E-state index contributed by atoms with van der Waals surface area (Å²) in [7, 11) is -3.32. The Balaban J connectivity index is 1.72. The maximum Gasteiger partial charge on any atom is 0.232 e. The van der Waals surface area contributed by atoms with E-state index >= 15 is 0 Å². The minimum Gasteiger partial charge on any atom is -0.485 e. The number of carbonyl (C=O) groups excluding carboxylic acids is 1. The van der Waals surface area contributed by atoms with Crippen LogP contribution in [0.5, 0.6) is 5.75 Å². The van der Waals surface area contributed by atoms with E-state index in [4.69, 9.17) is 16.3 Å². The molecule has 25 heavy (non-hydrogen) atoms. The first-order chi connectivity index (χ1) is 11.8. The standard InChI is InChI=1S/C17H15ClFNO4S/c1-25(22,23)20-7-6-11-8-12(2-5-16(11)20)17(21)10-24-13-3-4-15(19)14(18)9-13/h2-5,8-9H,6-7,10H2,1H3. The van der Waals surface area contributed by atoms with E-state index in [9.17, 15) is 17.6 Å². The zero-order valence-corrected chi connectivity index (χ0v) is 14.9. The van der Waals surface area contributed by atoms with Gasteiger partial charge in [0.2, 0.25) is 10.0 Å². The number of hydrogen-bond donors (Lipinski definition) is 0. The molecule has 1 aliphatic heterocycles. The first-order valence-corrected chi connectivity index (χ1v) is 9.70. The molecule has 5 nitrogen and oxygen atoms in total. The highest BCUT2D eigenvalue weighted by Gasteiger charge is 2.26. The summed E-state index contributed by atoms with van der Waals surface area (Å²) >= 11 is 5.67. The molecule has 0 N–H and O–H groups in total. The summed E-state index contributed by atoms with van der Waals surface area (Å²) in [6.07, 6.45) is 1.71. The Morgan fingerprint density at radius 2 is 2.04 bits per heavy atom. The fraction of sp³-hybridized carbons (Fsp3) is 0.235. The number of sulfonamides is 1. The van der Waals surface area contributed by atoms with Crippen LogP contribution in [0.4, 0.5) is 10.1 Å². The van der Waals surface area contributed by atoms with Crippen molar-refractivity contribution in [2.75, 3.05) is 23.7 Å². The summed E-state index contributed by atoms with van der Waals surface area (Å²) < 4.78 is 43.2. The molecule has 0 saturated carbocycles. The molecule has 0 saturated heterocycles. The molecule has 0 fully saturated rings. The Kier molecular flexibility index (Phi) is 4.71. The van der Waals surface area contributed by atoms with Crippen molar-refractivity contribution >= 4 is 33.1 Å². The summed E-state index contributed by atoms with van der Waals surface area (Å²) in [6.45, 7) is 0.146. The quantitative estimate of drug-likeness (QED) is 0.744. The molecule has 8 heteroatoms. The van der Waals surface area contributed by atoms with Crippen molar-refractivity contribution < 1.29 is 22.3 Å². The van der Waals surface area contributed by atoms with Crippen LogP contribution < -0.4 is 9.04 Å². The van der Waals surface area contributed by atoms with Gasteiger partial charge >= 0.3 is 0 Å². The molecule has 1 aliphatic rings. The number of ketones is 1. The lowest BCUT2D eigenvalue weighted by molar-refractivity contribution is 0.0921. The molecule has 0 amide bonds. The van der Waals surface area contributed by atoms with Gasteiger partial charge in [-0.3, -0.25) is 9.10 Å². The molecule has 0 atom stereocenters. The molecular weight excluding hydrogens is 369 g/mol. The summed E-state index contributed by atoms with van der Waals surface area (Å²) in [4.78, 5) is 12.3. The zero-order valence-electron chi connectivity index (χ0n) is 13.3. The molecule has 0 unspecified atom stereocenters. The summed E-state index contributed by atoms with van der Waals surface area (Å²) in [5.41, 5.74) is 1.84. The molecule has 0 radical (unpaired) electrons. The van der Waals surface area contributed by atoms with E-state index in [0.29, 0.717) is 30.0 Å². The number of rotatable bonds is 5. The third kappa shape index (κ3) is 3.77. The average Bonchev–Trinajstić information content (AvgIpc) is 2.99. The van der Waals surface area contributed by atoms with Crippen molar-refractivity contribution in [3.05, 3.63) is 58.4 Å². The Labute approximate surface area is 150 Å². The van der Waals surface area contributed by atoms with Crippen LogP contribution >= 0.6 is 11.6 Å². The molecule has 2 aromatic rings. The van der Waals surface area contributed by atoms with Gasteiger partial charge in [0.1, 0.15) is 11.6 Å². The first-order valence-electron chi connectivity index (χ1n) is 7.47. The van der Waals surface area contributed by atoms with Gasteiger partial charge in [0.05, 0.1) is 17.0 Å². The summed E-state index contributed by atoms with van der Waals surface area (Å²) in [6, 6.07) is 8.75. The fourth-order valence-electron chi connectivity index (χ4n) is 2.69. The number of anilines is 1. The van der Waals surface area contributed by atoms with E-state index in [1.165, 1.54) is 16.4 Å². The Morgan fingerprint density at radius 3 is 2.72 bits per heavy atom. The van der Waals surface area contributed by atoms with E-state index in [0.717, 1.165) is 17.9 Å². The maximum atomic E-state index is 13.1. The van der Waals surface area contributed by atoms with Gasteiger partial charge < -0.3 is 4.74 Å². The van der Waals surface area contributed by atoms with Crippen LogP contribution in [0.2, 0.25) is 5.02 Å². The first kappa shape index (κ1) is 17.7. The highest BCUT2D eigenvalue weighted by atomic mass is 35.5. The van der Waals surface area contributed by atoms with Gasteiger partial charge in [-0.25, -0.2) is 12.8 Å². The molecule has 0 spiro atoms. The van der Waals surface area contributed by atoms with Crippen molar-refractivity contribution in [1.29, 1.82) is 0 Å². The Morgan fingerprint density at radius 1 is 1.28 bits per heavy atom. The molecule has 0 aromatic heterocycles. The van der Waals surface area contributed by atoms with Crippen molar-refractivity contribution in [3.63, 3.8) is 0 Å². The predicted molar refractivity (Wildman–Crippen MR) is 93.6 cm³/mol. The summed E-state index contributed by atoms with van der Waals surface area (Å²) in [5.74, 6) is -0.528. The molecule has 2 aromatic carbocycles. The molecular formula is C17H15ClFNO4S. The highest BCUT2D eigenvalue weighted by molar-refractivity contribution is 7.92. The number of fused-ring (bicyclic) bond motifs is 1. The number of benzene rings is 2. The Bertz CT molecular complexity index is 946. The van der Waals surface area contributed by atoms with Crippen LogP contribution in [-0.2, 0) is 16.4 Å². The number of carbonyl (C=O) groups is 1. The van der Waals surface area contributed by atoms with Gasteiger partial charge in [-0.2, -0.15) is 0 Å². The minimum absolute atomic E-state index is 0.0802. The second kappa shape index (κ2) is 6.65. The fourth-order valence-corrected chi connectivity index (χ4v) is 3.82. The highest BCUT2D eigenvalue weighted by Crippen LogP contribution is 2.31. The Hall–Kier alpha value is -2.12. The van der Waals surface area contributed by atoms with Gasteiger partial charge in [-0.05, 0) is 42.3 Å². The molecule has 0 aliphatic carbocycles. The monoisotopic (exact) mass is 383 g/mol. The van der Waals surface area contributed by atoms with Crippen LogP contribution in [-0.4, -0.2) is 33.6 Å². The lowest BCUT2D eigenvalue weighted by Gasteiger charge is -2.16. The lowest BCUT2D eigenvalue weighted by Crippen LogP contribution is -2.27. The number of nitrogens with zero attached hydrogens (tertiary/aromatic N) is 1. The minimum atomic E-state index is -3.32.